The first-order valence-corrected chi connectivity index (χ1v) is 6.55. The summed E-state index contributed by atoms with van der Waals surface area (Å²) in [5.74, 6) is 0.684. The molecule has 1 aromatic carbocycles. The maximum Gasteiger partial charge on any atom is 0.311 e. The van der Waals surface area contributed by atoms with Crippen LogP contribution in [-0.4, -0.2) is 14.9 Å². The molecule has 0 saturated heterocycles. The molecule has 0 unspecified atom stereocenters. The van der Waals surface area contributed by atoms with Gasteiger partial charge in [0.05, 0.1) is 4.92 Å². The average Bonchev–Trinajstić information content (AvgIpc) is 2.46. The van der Waals surface area contributed by atoms with E-state index >= 15 is 0 Å². The highest BCUT2D eigenvalue weighted by Gasteiger charge is 2.16. The van der Waals surface area contributed by atoms with Gasteiger partial charge in [0.1, 0.15) is 6.61 Å². The van der Waals surface area contributed by atoms with Gasteiger partial charge in [0.25, 0.3) is 0 Å². The molecule has 0 bridgehead atoms. The number of rotatable bonds is 5. The van der Waals surface area contributed by atoms with E-state index in [4.69, 9.17) is 4.74 Å². The minimum absolute atomic E-state index is 0.0621. The number of nitro benzene ring substituents is 1. The van der Waals surface area contributed by atoms with Crippen LogP contribution in [0.25, 0.3) is 0 Å². The summed E-state index contributed by atoms with van der Waals surface area (Å²) in [5, 5.41) is 11.5. The van der Waals surface area contributed by atoms with Gasteiger partial charge in [0, 0.05) is 23.8 Å². The molecule has 6 nitrogen and oxygen atoms in total. The topological polar surface area (TPSA) is 78.2 Å². The number of nitrogens with zero attached hydrogens (tertiary/aromatic N) is 3. The number of hydrogen-bond donors (Lipinski definition) is 0. The van der Waals surface area contributed by atoms with E-state index < -0.39 is 4.92 Å². The van der Waals surface area contributed by atoms with Crippen LogP contribution in [0.4, 0.5) is 5.69 Å². The van der Waals surface area contributed by atoms with Gasteiger partial charge in [-0.05, 0) is 17.7 Å². The van der Waals surface area contributed by atoms with Gasteiger partial charge in [-0.15, -0.1) is 0 Å². The number of halogens is 1. The largest absolute Gasteiger partial charge is 0.479 e. The van der Waals surface area contributed by atoms with Crippen molar-refractivity contribution >= 4 is 21.6 Å². The highest BCUT2D eigenvalue weighted by molar-refractivity contribution is 9.08. The first-order chi connectivity index (χ1) is 9.20. The number of benzene rings is 1. The molecule has 0 amide bonds. The molecular formula is C12H10BrN3O3. The second kappa shape index (κ2) is 6.24. The zero-order chi connectivity index (χ0) is 13.7. The Hall–Kier alpha value is -2.02. The maximum absolute atomic E-state index is 11.0. The maximum atomic E-state index is 11.0. The van der Waals surface area contributed by atoms with Crippen molar-refractivity contribution in [1.82, 2.24) is 9.97 Å². The minimum Gasteiger partial charge on any atom is -0.479 e. The van der Waals surface area contributed by atoms with E-state index in [2.05, 4.69) is 25.9 Å². The highest BCUT2D eigenvalue weighted by atomic mass is 79.9. The summed E-state index contributed by atoms with van der Waals surface area (Å²) in [6, 6.07) is 6.52. The lowest BCUT2D eigenvalue weighted by molar-refractivity contribution is -0.386. The Morgan fingerprint density at radius 1 is 1.32 bits per heavy atom. The van der Waals surface area contributed by atoms with Crippen molar-refractivity contribution in [3.05, 3.63) is 58.2 Å². The second-order valence-electron chi connectivity index (χ2n) is 3.65. The van der Waals surface area contributed by atoms with Crippen molar-refractivity contribution in [3.8, 4) is 5.75 Å². The number of alkyl halides is 1. The van der Waals surface area contributed by atoms with Crippen LogP contribution in [0.3, 0.4) is 0 Å². The number of nitro groups is 1. The third-order valence-electron chi connectivity index (χ3n) is 2.35. The molecule has 0 aliphatic rings. The van der Waals surface area contributed by atoms with Gasteiger partial charge in [-0.1, -0.05) is 22.0 Å². The van der Waals surface area contributed by atoms with Gasteiger partial charge in [-0.3, -0.25) is 10.1 Å². The molecule has 98 valence electrons. The lowest BCUT2D eigenvalue weighted by atomic mass is 10.2. The van der Waals surface area contributed by atoms with Crippen molar-refractivity contribution in [2.75, 3.05) is 0 Å². The normalized spacial score (nSPS) is 10.2. The smallest absolute Gasteiger partial charge is 0.311 e. The van der Waals surface area contributed by atoms with Gasteiger partial charge < -0.3 is 4.74 Å². The zero-order valence-electron chi connectivity index (χ0n) is 9.82. The molecule has 0 saturated carbocycles. The molecule has 0 radical (unpaired) electrons. The molecule has 7 heteroatoms. The number of hydrogen-bond acceptors (Lipinski definition) is 5. The number of aromatic nitrogens is 2. The van der Waals surface area contributed by atoms with Crippen LogP contribution < -0.4 is 4.74 Å². The lowest BCUT2D eigenvalue weighted by Crippen LogP contribution is -2.02. The van der Waals surface area contributed by atoms with E-state index in [9.17, 15) is 10.1 Å². The minimum atomic E-state index is -0.465. The fourth-order valence-electron chi connectivity index (χ4n) is 1.46. The van der Waals surface area contributed by atoms with Crippen molar-refractivity contribution in [2.24, 2.45) is 0 Å². The molecule has 0 atom stereocenters. The van der Waals surface area contributed by atoms with E-state index in [1.807, 2.05) is 0 Å². The molecular weight excluding hydrogens is 314 g/mol. The fraction of sp³-hybridized carbons (Fsp3) is 0.167. The van der Waals surface area contributed by atoms with Crippen LogP contribution in [0.5, 0.6) is 5.75 Å². The Morgan fingerprint density at radius 2 is 2.05 bits per heavy atom. The SMILES string of the molecule is O=[N+]([O-])c1cc(CBr)ccc1OCc1ncccn1. The molecule has 1 aromatic heterocycles. The van der Waals surface area contributed by atoms with Gasteiger partial charge >= 0.3 is 5.69 Å². The Labute approximate surface area is 117 Å². The Balaban J connectivity index is 2.18. The molecule has 0 spiro atoms. The number of ether oxygens (including phenoxy) is 1. The quantitative estimate of drug-likeness (QED) is 0.480. The van der Waals surface area contributed by atoms with E-state index in [-0.39, 0.29) is 18.0 Å². The molecule has 2 rings (SSSR count). The van der Waals surface area contributed by atoms with Gasteiger partial charge in [0.2, 0.25) is 0 Å². The molecule has 0 aliphatic heterocycles. The average molecular weight is 324 g/mol. The Morgan fingerprint density at radius 3 is 2.68 bits per heavy atom. The summed E-state index contributed by atoms with van der Waals surface area (Å²) in [5.41, 5.74) is 0.753. The van der Waals surface area contributed by atoms with E-state index in [1.54, 1.807) is 30.6 Å². The molecule has 0 aliphatic carbocycles. The van der Waals surface area contributed by atoms with Crippen molar-refractivity contribution in [2.45, 2.75) is 11.9 Å². The van der Waals surface area contributed by atoms with Crippen LogP contribution in [0.15, 0.2) is 36.7 Å². The third kappa shape index (κ3) is 3.47. The van der Waals surface area contributed by atoms with Gasteiger partial charge in [-0.2, -0.15) is 0 Å². The van der Waals surface area contributed by atoms with Crippen LogP contribution in [0, 0.1) is 10.1 Å². The van der Waals surface area contributed by atoms with E-state index in [0.717, 1.165) is 5.56 Å². The molecule has 19 heavy (non-hydrogen) atoms. The van der Waals surface area contributed by atoms with Crippen molar-refractivity contribution in [3.63, 3.8) is 0 Å². The van der Waals surface area contributed by atoms with Crippen molar-refractivity contribution < 1.29 is 9.66 Å². The predicted molar refractivity (Wildman–Crippen MR) is 72.1 cm³/mol. The fourth-order valence-corrected chi connectivity index (χ4v) is 1.81. The van der Waals surface area contributed by atoms with Crippen molar-refractivity contribution in [1.29, 1.82) is 0 Å². The summed E-state index contributed by atoms with van der Waals surface area (Å²) in [6.07, 6.45) is 3.18. The molecule has 0 N–H and O–H groups in total. The summed E-state index contributed by atoms with van der Waals surface area (Å²) < 4.78 is 5.40. The van der Waals surface area contributed by atoms with Crippen LogP contribution >= 0.6 is 15.9 Å². The molecule has 1 heterocycles. The summed E-state index contributed by atoms with van der Waals surface area (Å²) in [6.45, 7) is 0.0926. The summed E-state index contributed by atoms with van der Waals surface area (Å²) in [4.78, 5) is 18.5. The van der Waals surface area contributed by atoms with Crippen LogP contribution in [0.1, 0.15) is 11.4 Å². The third-order valence-corrected chi connectivity index (χ3v) is 3.00. The summed E-state index contributed by atoms with van der Waals surface area (Å²) in [7, 11) is 0. The standard InChI is InChI=1S/C12H10BrN3O3/c13-7-9-2-3-11(10(6-9)16(17)18)19-8-12-14-4-1-5-15-12/h1-6H,7-8H2. The zero-order valence-corrected chi connectivity index (χ0v) is 11.4. The monoisotopic (exact) mass is 323 g/mol. The van der Waals surface area contributed by atoms with E-state index in [1.165, 1.54) is 6.07 Å². The Kier molecular flexibility index (Phi) is 4.40. The van der Waals surface area contributed by atoms with Gasteiger partial charge in [-0.25, -0.2) is 9.97 Å². The molecule has 2 aromatic rings. The van der Waals surface area contributed by atoms with Crippen LogP contribution in [-0.2, 0) is 11.9 Å². The molecule has 0 fully saturated rings. The first-order valence-electron chi connectivity index (χ1n) is 5.42. The first kappa shape index (κ1) is 13.4. The van der Waals surface area contributed by atoms with Crippen LogP contribution in [0.2, 0.25) is 0 Å². The lowest BCUT2D eigenvalue weighted by Gasteiger charge is -2.06. The van der Waals surface area contributed by atoms with Gasteiger partial charge in [0.15, 0.2) is 11.6 Å². The van der Waals surface area contributed by atoms with E-state index in [0.29, 0.717) is 11.2 Å². The second-order valence-corrected chi connectivity index (χ2v) is 4.21. The summed E-state index contributed by atoms with van der Waals surface area (Å²) >= 11 is 3.26. The highest BCUT2D eigenvalue weighted by Crippen LogP contribution is 2.29. The Bertz CT molecular complexity index is 578. The predicted octanol–water partition coefficient (Wildman–Crippen LogP) is 2.86.